The van der Waals surface area contributed by atoms with Crippen LogP contribution in [0.4, 0.5) is 14.5 Å². The molecule has 0 saturated heterocycles. The highest BCUT2D eigenvalue weighted by molar-refractivity contribution is 6.34. The van der Waals surface area contributed by atoms with E-state index in [9.17, 15) is 8.78 Å². The molecule has 2 aromatic carbocycles. The second kappa shape index (κ2) is 9.10. The molecule has 1 aromatic heterocycles. The van der Waals surface area contributed by atoms with Crippen molar-refractivity contribution < 1.29 is 18.3 Å². The van der Waals surface area contributed by atoms with Crippen LogP contribution in [0.3, 0.4) is 0 Å². The maximum absolute atomic E-state index is 14.3. The number of benzene rings is 2. The van der Waals surface area contributed by atoms with Gasteiger partial charge in [-0.15, -0.1) is 10.2 Å². The third kappa shape index (κ3) is 4.53. The molecule has 0 fully saturated rings. The van der Waals surface area contributed by atoms with Crippen LogP contribution in [0.15, 0.2) is 48.7 Å². The number of rotatable bonds is 6. The topological polar surface area (TPSA) is 75.2 Å². The summed E-state index contributed by atoms with van der Waals surface area (Å²) in [4.78, 5) is 0. The number of ether oxygens (including phenoxy) is 2. The van der Waals surface area contributed by atoms with E-state index in [1.807, 2.05) is 0 Å². The van der Waals surface area contributed by atoms with Crippen LogP contribution < -0.4 is 5.73 Å². The maximum Gasteiger partial charge on any atom is 0.382 e. The van der Waals surface area contributed by atoms with E-state index in [1.54, 1.807) is 43.3 Å². The Morgan fingerprint density at radius 1 is 1.24 bits per heavy atom. The van der Waals surface area contributed by atoms with E-state index in [2.05, 4.69) is 16.8 Å². The quantitative estimate of drug-likeness (QED) is 0.229. The van der Waals surface area contributed by atoms with Gasteiger partial charge in [-0.1, -0.05) is 41.9 Å². The number of hydrogen-bond donors (Lipinski definition) is 1. The first-order chi connectivity index (χ1) is 15.6. The van der Waals surface area contributed by atoms with Crippen molar-refractivity contribution >= 4 is 40.5 Å². The Balaban J connectivity index is 1.99. The Kier molecular flexibility index (Phi) is 6.55. The Bertz CT molecular complexity index is 1210. The number of alkyl halides is 3. The predicted molar refractivity (Wildman–Crippen MR) is 123 cm³/mol. The Hall–Kier alpha value is -2.39. The van der Waals surface area contributed by atoms with E-state index in [0.717, 1.165) is 0 Å². The van der Waals surface area contributed by atoms with Crippen molar-refractivity contribution in [3.05, 3.63) is 81.6 Å². The SMILES string of the molecule is C=C(C[C@H]1OC(c2cccc(N)c2Cl)c2cc(Cl)ccc2-n2c1nnc2C(F)(F)Cl)OCC. The van der Waals surface area contributed by atoms with Crippen molar-refractivity contribution in [2.75, 3.05) is 12.3 Å². The minimum Gasteiger partial charge on any atom is -0.499 e. The van der Waals surface area contributed by atoms with Gasteiger partial charge in [-0.25, -0.2) is 0 Å². The summed E-state index contributed by atoms with van der Waals surface area (Å²) in [5, 5.41) is 4.52. The van der Waals surface area contributed by atoms with Crippen molar-refractivity contribution in [2.45, 2.75) is 30.9 Å². The molecule has 1 unspecified atom stereocenters. The molecule has 0 radical (unpaired) electrons. The molecule has 6 nitrogen and oxygen atoms in total. The summed E-state index contributed by atoms with van der Waals surface area (Å²) in [5.41, 5.74) is 7.68. The van der Waals surface area contributed by atoms with Crippen LogP contribution in [0.2, 0.25) is 10.0 Å². The number of nitrogen functional groups attached to an aromatic ring is 1. The molecule has 2 atom stereocenters. The van der Waals surface area contributed by atoms with Gasteiger partial charge < -0.3 is 15.2 Å². The molecule has 2 N–H and O–H groups in total. The smallest absolute Gasteiger partial charge is 0.382 e. The lowest BCUT2D eigenvalue weighted by molar-refractivity contribution is -0.00359. The minimum atomic E-state index is -3.79. The molecule has 0 bridgehead atoms. The monoisotopic (exact) mass is 514 g/mol. The second-order valence-electron chi connectivity index (χ2n) is 7.35. The number of anilines is 1. The summed E-state index contributed by atoms with van der Waals surface area (Å²) in [5.74, 6) is -0.257. The highest BCUT2D eigenvalue weighted by Gasteiger charge is 2.42. The first-order valence-electron chi connectivity index (χ1n) is 9.94. The average Bonchev–Trinajstić information content (AvgIpc) is 3.14. The third-order valence-electron chi connectivity index (χ3n) is 5.15. The van der Waals surface area contributed by atoms with E-state index < -0.39 is 23.4 Å². The van der Waals surface area contributed by atoms with Gasteiger partial charge in [-0.3, -0.25) is 4.57 Å². The zero-order chi connectivity index (χ0) is 23.9. The van der Waals surface area contributed by atoms with Gasteiger partial charge in [0, 0.05) is 22.6 Å². The van der Waals surface area contributed by atoms with Crippen LogP contribution in [0, 0.1) is 0 Å². The first kappa shape index (κ1) is 23.8. The van der Waals surface area contributed by atoms with E-state index in [0.29, 0.717) is 39.9 Å². The highest BCUT2D eigenvalue weighted by atomic mass is 35.5. The molecule has 1 aliphatic heterocycles. The molecule has 1 aliphatic rings. The number of halogens is 5. The van der Waals surface area contributed by atoms with E-state index in [1.165, 1.54) is 4.57 Å². The summed E-state index contributed by atoms with van der Waals surface area (Å²) in [6.07, 6.45) is -1.58. The van der Waals surface area contributed by atoms with Gasteiger partial charge in [-0.2, -0.15) is 8.78 Å². The van der Waals surface area contributed by atoms with Crippen LogP contribution in [0.5, 0.6) is 0 Å². The largest absolute Gasteiger partial charge is 0.499 e. The molecule has 0 amide bonds. The van der Waals surface area contributed by atoms with Gasteiger partial charge in [0.15, 0.2) is 5.82 Å². The third-order valence-corrected chi connectivity index (χ3v) is 5.99. The fraction of sp³-hybridized carbons (Fsp3) is 0.273. The summed E-state index contributed by atoms with van der Waals surface area (Å²) >= 11 is 18.2. The normalized spacial score (nSPS) is 17.8. The van der Waals surface area contributed by atoms with Gasteiger partial charge in [0.25, 0.3) is 0 Å². The minimum absolute atomic E-state index is 0.109. The Labute approximate surface area is 203 Å². The van der Waals surface area contributed by atoms with Crippen molar-refractivity contribution in [1.82, 2.24) is 14.8 Å². The Morgan fingerprint density at radius 3 is 2.70 bits per heavy atom. The molecule has 4 rings (SSSR count). The lowest BCUT2D eigenvalue weighted by Crippen LogP contribution is -2.16. The summed E-state index contributed by atoms with van der Waals surface area (Å²) < 4.78 is 41.7. The molecule has 33 heavy (non-hydrogen) atoms. The summed E-state index contributed by atoms with van der Waals surface area (Å²) in [6, 6.07) is 9.87. The number of nitrogens with zero attached hydrogens (tertiary/aromatic N) is 3. The zero-order valence-electron chi connectivity index (χ0n) is 17.4. The molecule has 0 saturated carbocycles. The summed E-state index contributed by atoms with van der Waals surface area (Å²) in [7, 11) is 0. The van der Waals surface area contributed by atoms with E-state index >= 15 is 0 Å². The van der Waals surface area contributed by atoms with Gasteiger partial charge in [0.1, 0.15) is 12.2 Å². The molecule has 3 aromatic rings. The van der Waals surface area contributed by atoms with Crippen LogP contribution in [-0.4, -0.2) is 21.4 Å². The number of hydrogen-bond acceptors (Lipinski definition) is 5. The lowest BCUT2D eigenvalue weighted by atomic mass is 9.98. The predicted octanol–water partition coefficient (Wildman–Crippen LogP) is 6.55. The highest BCUT2D eigenvalue weighted by Crippen LogP contribution is 2.46. The fourth-order valence-corrected chi connectivity index (χ4v) is 4.31. The zero-order valence-corrected chi connectivity index (χ0v) is 19.6. The van der Waals surface area contributed by atoms with Crippen molar-refractivity contribution in [2.24, 2.45) is 0 Å². The number of fused-ring (bicyclic) bond motifs is 3. The maximum atomic E-state index is 14.3. The van der Waals surface area contributed by atoms with Crippen molar-refractivity contribution in [1.29, 1.82) is 0 Å². The van der Waals surface area contributed by atoms with E-state index in [-0.39, 0.29) is 17.3 Å². The molecular weight excluding hydrogens is 497 g/mol. The first-order valence-corrected chi connectivity index (χ1v) is 11.1. The van der Waals surface area contributed by atoms with Crippen LogP contribution >= 0.6 is 34.8 Å². The van der Waals surface area contributed by atoms with Crippen molar-refractivity contribution in [3.8, 4) is 5.69 Å². The lowest BCUT2D eigenvalue weighted by Gasteiger charge is -2.24. The van der Waals surface area contributed by atoms with Gasteiger partial charge >= 0.3 is 5.38 Å². The summed E-state index contributed by atoms with van der Waals surface area (Å²) in [6.45, 7) is 6.07. The molecular formula is C22H19Cl3F2N4O2. The van der Waals surface area contributed by atoms with Crippen LogP contribution in [0.1, 0.15) is 48.3 Å². The molecule has 0 aliphatic carbocycles. The Morgan fingerprint density at radius 2 is 2.00 bits per heavy atom. The fourth-order valence-electron chi connectivity index (χ4n) is 3.78. The number of aromatic nitrogens is 3. The molecule has 11 heteroatoms. The van der Waals surface area contributed by atoms with Crippen LogP contribution in [-0.2, 0) is 14.9 Å². The molecule has 174 valence electrons. The average molecular weight is 516 g/mol. The van der Waals surface area contributed by atoms with Crippen molar-refractivity contribution in [3.63, 3.8) is 0 Å². The van der Waals surface area contributed by atoms with Gasteiger partial charge in [0.05, 0.1) is 28.8 Å². The van der Waals surface area contributed by atoms with Gasteiger partial charge in [-0.05, 0) is 42.8 Å². The second-order valence-corrected chi connectivity index (χ2v) is 8.64. The van der Waals surface area contributed by atoms with Gasteiger partial charge in [0.2, 0.25) is 5.82 Å². The molecule has 0 spiro atoms. The van der Waals surface area contributed by atoms with Crippen LogP contribution in [0.25, 0.3) is 5.69 Å². The standard InChI is InChI=1S/C22H19Cl3F2N4O2/c1-3-32-11(2)9-17-20-29-30-21(22(25,26)27)31(20)16-8-7-12(23)10-14(16)19(33-17)13-5-4-6-15(28)18(13)24/h4-8,10,17,19H,2-3,9,28H2,1H3/t17-,19?/m1/s1. The molecule has 2 heterocycles. The van der Waals surface area contributed by atoms with E-state index in [4.69, 9.17) is 50.0 Å². The number of nitrogens with two attached hydrogens (primary N) is 1.